The van der Waals surface area contributed by atoms with E-state index in [1.807, 2.05) is 6.92 Å². The average molecular weight is 287 g/mol. The topological polar surface area (TPSA) is 64.1 Å². The van der Waals surface area contributed by atoms with Crippen molar-refractivity contribution in [1.82, 2.24) is 9.55 Å². The highest BCUT2D eigenvalue weighted by molar-refractivity contribution is 6.30. The Hall–Kier alpha value is -1.07. The first-order valence-electron chi connectivity index (χ1n) is 6.76. The van der Waals surface area contributed by atoms with Crippen molar-refractivity contribution < 1.29 is 4.74 Å². The van der Waals surface area contributed by atoms with Crippen LogP contribution >= 0.6 is 11.6 Å². The van der Waals surface area contributed by atoms with E-state index in [9.17, 15) is 9.59 Å². The lowest BCUT2D eigenvalue weighted by atomic mass is 10.2. The van der Waals surface area contributed by atoms with Crippen LogP contribution in [0.15, 0.2) is 9.59 Å². The summed E-state index contributed by atoms with van der Waals surface area (Å²) in [6.07, 6.45) is 5.33. The molecule has 19 heavy (non-hydrogen) atoms. The van der Waals surface area contributed by atoms with Crippen molar-refractivity contribution in [3.8, 4) is 0 Å². The summed E-state index contributed by atoms with van der Waals surface area (Å²) in [7, 11) is 0. The van der Waals surface area contributed by atoms with Crippen molar-refractivity contribution in [3.63, 3.8) is 0 Å². The minimum atomic E-state index is -0.470. The third-order valence-electron chi connectivity index (χ3n) is 3.55. The number of hydrogen-bond acceptors (Lipinski definition) is 3. The Morgan fingerprint density at radius 2 is 2.05 bits per heavy atom. The number of rotatable bonds is 5. The van der Waals surface area contributed by atoms with E-state index in [0.29, 0.717) is 18.6 Å². The number of ether oxygens (including phenoxy) is 1. The maximum absolute atomic E-state index is 12.1. The van der Waals surface area contributed by atoms with Crippen molar-refractivity contribution in [2.45, 2.75) is 51.7 Å². The average Bonchev–Trinajstić information content (AvgIpc) is 2.86. The van der Waals surface area contributed by atoms with E-state index in [4.69, 9.17) is 16.3 Å². The zero-order valence-electron chi connectivity index (χ0n) is 11.1. The first kappa shape index (κ1) is 14.3. The van der Waals surface area contributed by atoms with Gasteiger partial charge in [-0.25, -0.2) is 4.79 Å². The normalized spacial score (nSPS) is 16.1. The molecular weight excluding hydrogens is 268 g/mol. The summed E-state index contributed by atoms with van der Waals surface area (Å²) in [5.41, 5.74) is -0.337. The van der Waals surface area contributed by atoms with Crippen LogP contribution in [0.4, 0.5) is 0 Å². The maximum Gasteiger partial charge on any atom is 0.329 e. The number of aromatic nitrogens is 2. The number of nitrogens with zero attached hydrogens (tertiary/aromatic N) is 1. The molecule has 1 N–H and O–H groups in total. The lowest BCUT2D eigenvalue weighted by molar-refractivity contribution is 0.0519. The Labute approximate surface area is 116 Å². The second kappa shape index (κ2) is 6.39. The van der Waals surface area contributed by atoms with Gasteiger partial charge in [0.2, 0.25) is 0 Å². The number of H-pyrrole nitrogens is 1. The van der Waals surface area contributed by atoms with E-state index in [-0.39, 0.29) is 23.4 Å². The van der Waals surface area contributed by atoms with Crippen molar-refractivity contribution in [2.75, 3.05) is 6.61 Å². The fourth-order valence-corrected chi connectivity index (χ4v) is 2.76. The molecule has 6 heteroatoms. The van der Waals surface area contributed by atoms with E-state index < -0.39 is 5.69 Å². The summed E-state index contributed by atoms with van der Waals surface area (Å²) in [4.78, 5) is 26.3. The van der Waals surface area contributed by atoms with Gasteiger partial charge in [-0.2, -0.15) is 0 Å². The summed E-state index contributed by atoms with van der Waals surface area (Å²) in [6, 6.07) is 0. The molecule has 1 aromatic rings. The van der Waals surface area contributed by atoms with Crippen molar-refractivity contribution in [2.24, 2.45) is 0 Å². The molecule has 1 aromatic heterocycles. The monoisotopic (exact) mass is 286 g/mol. The molecule has 0 aromatic carbocycles. The van der Waals surface area contributed by atoms with Gasteiger partial charge in [0.05, 0.1) is 24.8 Å². The van der Waals surface area contributed by atoms with E-state index in [0.717, 1.165) is 12.8 Å². The quantitative estimate of drug-likeness (QED) is 0.838. The Morgan fingerprint density at radius 1 is 1.37 bits per heavy atom. The summed E-state index contributed by atoms with van der Waals surface area (Å²) < 4.78 is 6.84. The smallest absolute Gasteiger partial charge is 0.329 e. The van der Waals surface area contributed by atoms with Crippen LogP contribution < -0.4 is 11.2 Å². The lowest BCUT2D eigenvalue weighted by Crippen LogP contribution is -2.38. The van der Waals surface area contributed by atoms with E-state index in [2.05, 4.69) is 4.98 Å². The largest absolute Gasteiger partial charge is 0.376 e. The lowest BCUT2D eigenvalue weighted by Gasteiger charge is -2.12. The van der Waals surface area contributed by atoms with E-state index >= 15 is 0 Å². The second-order valence-corrected chi connectivity index (χ2v) is 5.19. The molecule has 0 saturated heterocycles. The predicted octanol–water partition coefficient (Wildman–Crippen LogP) is 1.71. The van der Waals surface area contributed by atoms with Gasteiger partial charge in [-0.05, 0) is 19.3 Å². The SMILES string of the molecule is CCc1c(Cl)[nH]c(=O)n(CCOC2CCCC2)c1=O. The van der Waals surface area contributed by atoms with Gasteiger partial charge in [0.1, 0.15) is 5.15 Å². The third kappa shape index (κ3) is 3.28. The molecule has 5 nitrogen and oxygen atoms in total. The third-order valence-corrected chi connectivity index (χ3v) is 3.88. The molecule has 106 valence electrons. The van der Waals surface area contributed by atoms with Gasteiger partial charge in [-0.1, -0.05) is 31.4 Å². The molecule has 1 aliphatic rings. The van der Waals surface area contributed by atoms with E-state index in [1.54, 1.807) is 0 Å². The Morgan fingerprint density at radius 3 is 2.68 bits per heavy atom. The van der Waals surface area contributed by atoms with Gasteiger partial charge in [-0.3, -0.25) is 14.3 Å². The number of aromatic amines is 1. The Bertz CT molecular complexity index is 544. The molecular formula is C13H19ClN2O3. The van der Waals surface area contributed by atoms with Crippen LogP contribution in [0.1, 0.15) is 38.2 Å². The number of hydrogen-bond donors (Lipinski definition) is 1. The standard InChI is InChI=1S/C13H19ClN2O3/c1-2-10-11(14)15-13(18)16(12(10)17)7-8-19-9-5-3-4-6-9/h9H,2-8H2,1H3,(H,15,18). The van der Waals surface area contributed by atoms with Crippen molar-refractivity contribution >= 4 is 11.6 Å². The van der Waals surface area contributed by atoms with Gasteiger partial charge in [0.25, 0.3) is 5.56 Å². The zero-order valence-corrected chi connectivity index (χ0v) is 11.8. The highest BCUT2D eigenvalue weighted by Crippen LogP contribution is 2.20. The fourth-order valence-electron chi connectivity index (χ4n) is 2.46. The molecule has 0 spiro atoms. The van der Waals surface area contributed by atoms with Crippen LogP contribution in [-0.2, 0) is 17.7 Å². The molecule has 1 fully saturated rings. The van der Waals surface area contributed by atoms with Gasteiger partial charge in [0, 0.05) is 0 Å². The Kier molecular flexibility index (Phi) is 4.82. The molecule has 1 aliphatic carbocycles. The highest BCUT2D eigenvalue weighted by atomic mass is 35.5. The molecule has 0 aliphatic heterocycles. The van der Waals surface area contributed by atoms with Crippen molar-refractivity contribution in [1.29, 1.82) is 0 Å². The van der Waals surface area contributed by atoms with Crippen molar-refractivity contribution in [3.05, 3.63) is 31.6 Å². The van der Waals surface area contributed by atoms with Crippen LogP contribution in [0, 0.1) is 0 Å². The molecule has 2 rings (SSSR count). The summed E-state index contributed by atoms with van der Waals surface area (Å²) in [5, 5.41) is 0.144. The van der Waals surface area contributed by atoms with Crippen LogP contribution in [0.5, 0.6) is 0 Å². The Balaban J connectivity index is 2.07. The predicted molar refractivity (Wildman–Crippen MR) is 73.9 cm³/mol. The summed E-state index contributed by atoms with van der Waals surface area (Å²) >= 11 is 5.84. The van der Waals surface area contributed by atoms with Gasteiger partial charge in [-0.15, -0.1) is 0 Å². The van der Waals surface area contributed by atoms with Gasteiger partial charge < -0.3 is 4.74 Å². The first-order valence-corrected chi connectivity index (χ1v) is 7.14. The zero-order chi connectivity index (χ0) is 13.8. The minimum Gasteiger partial charge on any atom is -0.376 e. The molecule has 0 unspecified atom stereocenters. The summed E-state index contributed by atoms with van der Waals surface area (Å²) in [6.45, 7) is 2.49. The fraction of sp³-hybridized carbons (Fsp3) is 0.692. The van der Waals surface area contributed by atoms with Crippen LogP contribution in [0.2, 0.25) is 5.15 Å². The number of nitrogens with one attached hydrogen (secondary N) is 1. The first-order chi connectivity index (χ1) is 9.13. The van der Waals surface area contributed by atoms with E-state index in [1.165, 1.54) is 17.4 Å². The van der Waals surface area contributed by atoms with Crippen LogP contribution in [-0.4, -0.2) is 22.3 Å². The maximum atomic E-state index is 12.1. The second-order valence-electron chi connectivity index (χ2n) is 4.81. The van der Waals surface area contributed by atoms with Gasteiger partial charge >= 0.3 is 5.69 Å². The van der Waals surface area contributed by atoms with Gasteiger partial charge in [0.15, 0.2) is 0 Å². The molecule has 1 heterocycles. The molecule has 0 radical (unpaired) electrons. The highest BCUT2D eigenvalue weighted by Gasteiger charge is 2.16. The minimum absolute atomic E-state index is 0.144. The molecule has 1 saturated carbocycles. The number of halogens is 1. The summed E-state index contributed by atoms with van der Waals surface area (Å²) in [5.74, 6) is 0. The van der Waals surface area contributed by atoms with Crippen LogP contribution in [0.3, 0.4) is 0 Å². The molecule has 0 amide bonds. The molecule has 0 bridgehead atoms. The van der Waals surface area contributed by atoms with Crippen LogP contribution in [0.25, 0.3) is 0 Å². The molecule has 0 atom stereocenters.